The van der Waals surface area contributed by atoms with E-state index in [1.807, 2.05) is 13.8 Å². The number of halogens is 1. The molecule has 2 aromatic rings. The van der Waals surface area contributed by atoms with Crippen molar-refractivity contribution in [2.45, 2.75) is 33.9 Å². The predicted octanol–water partition coefficient (Wildman–Crippen LogP) is 2.51. The summed E-state index contributed by atoms with van der Waals surface area (Å²) >= 11 is 0. The number of aromatic nitrogens is 2. The van der Waals surface area contributed by atoms with Gasteiger partial charge in [-0.2, -0.15) is 5.10 Å². The standard InChI is InChI=1S/C16H19FN2O2/c1-10(2)8-19-16(21)14(9-20)13(7-18-19)12-5-4-11(3)15(17)6-12/h4-7,10,20H,8-9H2,1-3H3. The Balaban J connectivity index is 2.56. The van der Waals surface area contributed by atoms with E-state index in [1.54, 1.807) is 19.1 Å². The van der Waals surface area contributed by atoms with Crippen LogP contribution >= 0.6 is 0 Å². The van der Waals surface area contributed by atoms with Crippen LogP contribution in [-0.2, 0) is 13.2 Å². The van der Waals surface area contributed by atoms with Gasteiger partial charge in [-0.3, -0.25) is 4.79 Å². The third-order valence-corrected chi connectivity index (χ3v) is 3.32. The number of aryl methyl sites for hydroxylation is 1. The average molecular weight is 290 g/mol. The molecule has 1 heterocycles. The Bertz CT molecular complexity index is 708. The summed E-state index contributed by atoms with van der Waals surface area (Å²) in [5.41, 5.74) is 1.47. The molecule has 1 aromatic carbocycles. The van der Waals surface area contributed by atoms with Gasteiger partial charge in [-0.1, -0.05) is 26.0 Å². The van der Waals surface area contributed by atoms with E-state index < -0.39 is 6.61 Å². The first-order valence-electron chi connectivity index (χ1n) is 6.90. The average Bonchev–Trinajstić information content (AvgIpc) is 2.43. The van der Waals surface area contributed by atoms with Crippen LogP contribution in [0.15, 0.2) is 29.2 Å². The van der Waals surface area contributed by atoms with Gasteiger partial charge in [0.05, 0.1) is 18.4 Å². The Morgan fingerprint density at radius 2 is 2.10 bits per heavy atom. The van der Waals surface area contributed by atoms with Crippen molar-refractivity contribution in [1.29, 1.82) is 0 Å². The van der Waals surface area contributed by atoms with E-state index >= 15 is 0 Å². The SMILES string of the molecule is Cc1ccc(-c2cnn(CC(C)C)c(=O)c2CO)cc1F. The predicted molar refractivity (Wildman–Crippen MR) is 79.4 cm³/mol. The molecule has 5 heteroatoms. The van der Waals surface area contributed by atoms with E-state index in [-0.39, 0.29) is 22.9 Å². The van der Waals surface area contributed by atoms with E-state index in [0.717, 1.165) is 0 Å². The summed E-state index contributed by atoms with van der Waals surface area (Å²) in [6.07, 6.45) is 1.51. The maximum atomic E-state index is 13.7. The summed E-state index contributed by atoms with van der Waals surface area (Å²) in [6.45, 7) is 5.72. The molecule has 0 atom stereocenters. The van der Waals surface area contributed by atoms with Crippen LogP contribution in [0.5, 0.6) is 0 Å². The monoisotopic (exact) mass is 290 g/mol. The Morgan fingerprint density at radius 3 is 2.67 bits per heavy atom. The molecule has 0 aliphatic carbocycles. The van der Waals surface area contributed by atoms with Crippen molar-refractivity contribution >= 4 is 0 Å². The third-order valence-electron chi connectivity index (χ3n) is 3.32. The largest absolute Gasteiger partial charge is 0.391 e. The van der Waals surface area contributed by atoms with Gasteiger partial charge in [-0.15, -0.1) is 0 Å². The molecule has 0 aliphatic rings. The van der Waals surface area contributed by atoms with E-state index in [4.69, 9.17) is 0 Å². The molecule has 0 bridgehead atoms. The Hall–Kier alpha value is -2.01. The molecule has 1 aromatic heterocycles. The second-order valence-corrected chi connectivity index (χ2v) is 5.54. The normalized spacial score (nSPS) is 11.1. The van der Waals surface area contributed by atoms with Crippen LogP contribution in [0.4, 0.5) is 4.39 Å². The molecule has 2 rings (SSSR count). The maximum absolute atomic E-state index is 13.7. The molecule has 4 nitrogen and oxygen atoms in total. The molecule has 0 saturated carbocycles. The fourth-order valence-corrected chi connectivity index (χ4v) is 2.17. The van der Waals surface area contributed by atoms with Crippen LogP contribution in [0.25, 0.3) is 11.1 Å². The molecular formula is C16H19FN2O2. The molecule has 1 N–H and O–H groups in total. The minimum atomic E-state index is -0.399. The Labute approximate surface area is 122 Å². The van der Waals surface area contributed by atoms with Crippen LogP contribution in [0.1, 0.15) is 25.0 Å². The highest BCUT2D eigenvalue weighted by Gasteiger charge is 2.14. The van der Waals surface area contributed by atoms with Gasteiger partial charge in [-0.05, 0) is 30.0 Å². The van der Waals surface area contributed by atoms with Gasteiger partial charge in [-0.25, -0.2) is 9.07 Å². The van der Waals surface area contributed by atoms with Crippen molar-refractivity contribution < 1.29 is 9.50 Å². The number of aliphatic hydroxyl groups excluding tert-OH is 1. The second-order valence-electron chi connectivity index (χ2n) is 5.54. The van der Waals surface area contributed by atoms with Crippen molar-refractivity contribution in [3.05, 3.63) is 51.7 Å². The smallest absolute Gasteiger partial charge is 0.272 e. The van der Waals surface area contributed by atoms with Gasteiger partial charge < -0.3 is 5.11 Å². The van der Waals surface area contributed by atoms with E-state index in [9.17, 15) is 14.3 Å². The van der Waals surface area contributed by atoms with Crippen LogP contribution in [-0.4, -0.2) is 14.9 Å². The third kappa shape index (κ3) is 3.19. The minimum absolute atomic E-state index is 0.244. The molecule has 0 unspecified atom stereocenters. The van der Waals surface area contributed by atoms with Gasteiger partial charge in [0.1, 0.15) is 5.82 Å². The zero-order valence-electron chi connectivity index (χ0n) is 12.4. The van der Waals surface area contributed by atoms with Crippen molar-refractivity contribution in [2.24, 2.45) is 5.92 Å². The first kappa shape index (κ1) is 15.4. The number of hydrogen-bond donors (Lipinski definition) is 1. The van der Waals surface area contributed by atoms with Crippen LogP contribution in [0.2, 0.25) is 0 Å². The lowest BCUT2D eigenvalue weighted by Gasteiger charge is -2.12. The van der Waals surface area contributed by atoms with Crippen molar-refractivity contribution in [3.8, 4) is 11.1 Å². The fraction of sp³-hybridized carbons (Fsp3) is 0.375. The molecule has 0 fully saturated rings. The minimum Gasteiger partial charge on any atom is -0.391 e. The zero-order valence-corrected chi connectivity index (χ0v) is 12.4. The van der Waals surface area contributed by atoms with Gasteiger partial charge >= 0.3 is 0 Å². The molecular weight excluding hydrogens is 271 g/mol. The topological polar surface area (TPSA) is 55.1 Å². The lowest BCUT2D eigenvalue weighted by Crippen LogP contribution is -2.28. The fourth-order valence-electron chi connectivity index (χ4n) is 2.17. The summed E-state index contributed by atoms with van der Waals surface area (Å²) in [7, 11) is 0. The quantitative estimate of drug-likeness (QED) is 0.941. The zero-order chi connectivity index (χ0) is 15.6. The lowest BCUT2D eigenvalue weighted by atomic mass is 10.0. The number of aliphatic hydroxyl groups is 1. The number of hydrogen-bond acceptors (Lipinski definition) is 3. The molecule has 0 spiro atoms. The van der Waals surface area contributed by atoms with Crippen LogP contribution in [0, 0.1) is 18.7 Å². The van der Waals surface area contributed by atoms with Crippen molar-refractivity contribution in [1.82, 2.24) is 9.78 Å². The number of rotatable bonds is 4. The second kappa shape index (κ2) is 6.18. The summed E-state index contributed by atoms with van der Waals surface area (Å²) in [4.78, 5) is 12.3. The van der Waals surface area contributed by atoms with Crippen LogP contribution < -0.4 is 5.56 Å². The molecule has 0 saturated heterocycles. The van der Waals surface area contributed by atoms with Gasteiger partial charge in [0, 0.05) is 12.1 Å². The highest BCUT2D eigenvalue weighted by Crippen LogP contribution is 2.23. The molecule has 0 amide bonds. The summed E-state index contributed by atoms with van der Waals surface area (Å²) in [5, 5.41) is 13.6. The lowest BCUT2D eigenvalue weighted by molar-refractivity contribution is 0.278. The van der Waals surface area contributed by atoms with E-state index in [2.05, 4.69) is 5.10 Å². The summed E-state index contributed by atoms with van der Waals surface area (Å²) in [6, 6.07) is 4.73. The van der Waals surface area contributed by atoms with E-state index in [1.165, 1.54) is 16.9 Å². The van der Waals surface area contributed by atoms with Crippen molar-refractivity contribution in [2.75, 3.05) is 0 Å². The highest BCUT2D eigenvalue weighted by atomic mass is 19.1. The van der Waals surface area contributed by atoms with Gasteiger partial charge in [0.15, 0.2) is 0 Å². The molecule has 112 valence electrons. The van der Waals surface area contributed by atoms with E-state index in [0.29, 0.717) is 23.2 Å². The first-order valence-corrected chi connectivity index (χ1v) is 6.90. The Kier molecular flexibility index (Phi) is 4.53. The Morgan fingerprint density at radius 1 is 1.38 bits per heavy atom. The maximum Gasteiger partial charge on any atom is 0.272 e. The number of benzene rings is 1. The van der Waals surface area contributed by atoms with Crippen LogP contribution in [0.3, 0.4) is 0 Å². The summed E-state index contributed by atoms with van der Waals surface area (Å²) in [5.74, 6) is -0.0767. The van der Waals surface area contributed by atoms with Gasteiger partial charge in [0.2, 0.25) is 0 Å². The van der Waals surface area contributed by atoms with Crippen molar-refractivity contribution in [3.63, 3.8) is 0 Å². The summed E-state index contributed by atoms with van der Waals surface area (Å²) < 4.78 is 15.0. The molecule has 0 radical (unpaired) electrons. The molecule has 0 aliphatic heterocycles. The number of nitrogens with zero attached hydrogens (tertiary/aromatic N) is 2. The highest BCUT2D eigenvalue weighted by molar-refractivity contribution is 5.66. The molecule has 21 heavy (non-hydrogen) atoms. The van der Waals surface area contributed by atoms with Gasteiger partial charge in [0.25, 0.3) is 5.56 Å². The first-order chi connectivity index (χ1) is 9.93.